The molecule has 0 aromatic heterocycles. The van der Waals surface area contributed by atoms with E-state index in [2.05, 4.69) is 16.0 Å². The Labute approximate surface area is 165 Å². The summed E-state index contributed by atoms with van der Waals surface area (Å²) in [6.45, 7) is 2.50. The number of amides is 2. The number of anilines is 1. The van der Waals surface area contributed by atoms with Gasteiger partial charge in [0.15, 0.2) is 0 Å². The summed E-state index contributed by atoms with van der Waals surface area (Å²) in [7, 11) is 1.80. The molecule has 0 saturated carbocycles. The van der Waals surface area contributed by atoms with Crippen LogP contribution in [-0.4, -0.2) is 25.4 Å². The summed E-state index contributed by atoms with van der Waals surface area (Å²) in [6, 6.07) is 13.3. The highest BCUT2D eigenvalue weighted by atomic mass is 35.5. The molecule has 2 aromatic rings. The molecule has 0 bridgehead atoms. The van der Waals surface area contributed by atoms with Crippen molar-refractivity contribution in [2.45, 2.75) is 25.8 Å². The number of benzene rings is 2. The van der Waals surface area contributed by atoms with Gasteiger partial charge in [0.1, 0.15) is 5.82 Å². The van der Waals surface area contributed by atoms with E-state index in [-0.39, 0.29) is 36.7 Å². The number of carbonyl (C=O) groups is 2. The van der Waals surface area contributed by atoms with Crippen LogP contribution in [0.25, 0.3) is 0 Å². The Balaban J connectivity index is 0.00000364. The van der Waals surface area contributed by atoms with Crippen molar-refractivity contribution in [3.05, 3.63) is 65.5 Å². The minimum absolute atomic E-state index is 0. The van der Waals surface area contributed by atoms with E-state index in [0.29, 0.717) is 24.2 Å². The van der Waals surface area contributed by atoms with Crippen molar-refractivity contribution in [3.63, 3.8) is 0 Å². The first-order valence-electron chi connectivity index (χ1n) is 8.56. The molecular formula is C20H25ClFN3O2. The van der Waals surface area contributed by atoms with Crippen molar-refractivity contribution in [1.29, 1.82) is 0 Å². The second kappa shape index (κ2) is 11.3. The zero-order valence-electron chi connectivity index (χ0n) is 15.4. The highest BCUT2D eigenvalue weighted by Gasteiger charge is 2.11. The van der Waals surface area contributed by atoms with Crippen LogP contribution in [0.5, 0.6) is 0 Å². The molecule has 27 heavy (non-hydrogen) atoms. The largest absolute Gasteiger partial charge is 0.350 e. The molecular weight excluding hydrogens is 369 g/mol. The highest BCUT2D eigenvalue weighted by molar-refractivity contribution is 5.92. The van der Waals surface area contributed by atoms with E-state index in [1.165, 1.54) is 6.07 Å². The topological polar surface area (TPSA) is 70.2 Å². The number of hydrogen-bond donors (Lipinski definition) is 3. The van der Waals surface area contributed by atoms with Gasteiger partial charge in [-0.05, 0) is 43.3 Å². The van der Waals surface area contributed by atoms with Crippen molar-refractivity contribution in [3.8, 4) is 0 Å². The Morgan fingerprint density at radius 3 is 2.52 bits per heavy atom. The van der Waals surface area contributed by atoms with Crippen molar-refractivity contribution in [2.24, 2.45) is 0 Å². The fraction of sp³-hybridized carbons (Fsp3) is 0.300. The maximum atomic E-state index is 13.6. The van der Waals surface area contributed by atoms with Crippen molar-refractivity contribution >= 4 is 29.9 Å². The quantitative estimate of drug-likeness (QED) is 0.645. The lowest BCUT2D eigenvalue weighted by atomic mass is 10.1. The Hall–Kier alpha value is -2.44. The summed E-state index contributed by atoms with van der Waals surface area (Å²) in [5, 5.41) is 8.62. The zero-order valence-corrected chi connectivity index (χ0v) is 16.2. The minimum Gasteiger partial charge on any atom is -0.350 e. The highest BCUT2D eigenvalue weighted by Crippen LogP contribution is 2.18. The monoisotopic (exact) mass is 393 g/mol. The first kappa shape index (κ1) is 22.6. The van der Waals surface area contributed by atoms with Gasteiger partial charge in [-0.25, -0.2) is 4.39 Å². The van der Waals surface area contributed by atoms with E-state index in [1.807, 2.05) is 25.1 Å². The van der Waals surface area contributed by atoms with Gasteiger partial charge in [-0.2, -0.15) is 0 Å². The van der Waals surface area contributed by atoms with E-state index < -0.39 is 5.82 Å². The third kappa shape index (κ3) is 7.37. The molecule has 0 aliphatic carbocycles. The van der Waals surface area contributed by atoms with E-state index in [9.17, 15) is 14.0 Å². The van der Waals surface area contributed by atoms with Crippen LogP contribution < -0.4 is 16.0 Å². The fourth-order valence-corrected chi connectivity index (χ4v) is 2.54. The first-order chi connectivity index (χ1) is 12.5. The van der Waals surface area contributed by atoms with Gasteiger partial charge in [0.25, 0.3) is 0 Å². The molecule has 146 valence electrons. The molecule has 0 radical (unpaired) electrons. The predicted molar refractivity (Wildman–Crippen MR) is 108 cm³/mol. The maximum Gasteiger partial charge on any atom is 0.228 e. The van der Waals surface area contributed by atoms with Gasteiger partial charge in [0.2, 0.25) is 11.8 Å². The predicted octanol–water partition coefficient (Wildman–Crippen LogP) is 3.22. The van der Waals surface area contributed by atoms with E-state index in [4.69, 9.17) is 0 Å². The molecule has 0 saturated heterocycles. The van der Waals surface area contributed by atoms with Crippen molar-refractivity contribution < 1.29 is 14.0 Å². The van der Waals surface area contributed by atoms with Gasteiger partial charge in [-0.3, -0.25) is 9.59 Å². The number of halogens is 2. The lowest BCUT2D eigenvalue weighted by Crippen LogP contribution is -2.29. The molecule has 0 fully saturated rings. The van der Waals surface area contributed by atoms with Gasteiger partial charge in [-0.15, -0.1) is 12.4 Å². The summed E-state index contributed by atoms with van der Waals surface area (Å²) in [5.41, 5.74) is 1.85. The van der Waals surface area contributed by atoms with Gasteiger partial charge in [-0.1, -0.05) is 30.3 Å². The molecule has 0 heterocycles. The van der Waals surface area contributed by atoms with Crippen LogP contribution in [0.15, 0.2) is 48.5 Å². The van der Waals surface area contributed by atoms with Crippen LogP contribution in [0.2, 0.25) is 0 Å². The van der Waals surface area contributed by atoms with Crippen LogP contribution >= 0.6 is 12.4 Å². The number of nitrogens with one attached hydrogen (secondary N) is 3. The lowest BCUT2D eigenvalue weighted by molar-refractivity contribution is -0.121. The average molecular weight is 394 g/mol. The van der Waals surface area contributed by atoms with Gasteiger partial charge in [0.05, 0.1) is 12.5 Å². The Morgan fingerprint density at radius 1 is 1.07 bits per heavy atom. The number of rotatable bonds is 8. The lowest BCUT2D eigenvalue weighted by Gasteiger charge is -2.16. The molecule has 2 amide bonds. The van der Waals surface area contributed by atoms with Crippen LogP contribution in [0, 0.1) is 5.82 Å². The number of carbonyl (C=O) groups excluding carboxylic acids is 2. The van der Waals surface area contributed by atoms with Gasteiger partial charge < -0.3 is 16.0 Å². The minimum atomic E-state index is -0.394. The van der Waals surface area contributed by atoms with Crippen LogP contribution in [0.4, 0.5) is 10.1 Å². The van der Waals surface area contributed by atoms with Gasteiger partial charge in [0, 0.05) is 18.7 Å². The smallest absolute Gasteiger partial charge is 0.228 e. The van der Waals surface area contributed by atoms with Crippen LogP contribution in [0.1, 0.15) is 30.5 Å². The molecule has 1 atom stereocenters. The van der Waals surface area contributed by atoms with Gasteiger partial charge >= 0.3 is 0 Å². The molecule has 2 aromatic carbocycles. The first-order valence-corrected chi connectivity index (χ1v) is 8.56. The molecule has 5 nitrogen and oxygen atoms in total. The maximum absolute atomic E-state index is 13.6. The molecule has 3 N–H and O–H groups in total. The molecule has 7 heteroatoms. The molecule has 0 aliphatic heterocycles. The van der Waals surface area contributed by atoms with Crippen molar-refractivity contribution in [1.82, 2.24) is 10.6 Å². The normalized spacial score (nSPS) is 11.2. The third-order valence-corrected chi connectivity index (χ3v) is 3.96. The van der Waals surface area contributed by atoms with E-state index in [0.717, 1.165) is 5.56 Å². The van der Waals surface area contributed by atoms with Crippen LogP contribution in [-0.2, 0) is 16.0 Å². The van der Waals surface area contributed by atoms with E-state index >= 15 is 0 Å². The van der Waals surface area contributed by atoms with Crippen molar-refractivity contribution in [2.75, 3.05) is 18.9 Å². The average Bonchev–Trinajstić information content (AvgIpc) is 2.62. The standard InChI is InChI=1S/C20H24FN3O2.ClH/c1-14(23-19(25)10-11-22-2)15-7-5-8-17(12-15)24-20(26)13-16-6-3-4-9-18(16)21;/h3-9,12,14,22H,10-11,13H2,1-2H3,(H,23,25)(H,24,26);1H. The second-order valence-corrected chi connectivity index (χ2v) is 6.08. The Bertz CT molecular complexity index is 770. The fourth-order valence-electron chi connectivity index (χ4n) is 2.54. The zero-order chi connectivity index (χ0) is 18.9. The Kier molecular flexibility index (Phi) is 9.47. The van der Waals surface area contributed by atoms with E-state index in [1.54, 1.807) is 31.3 Å². The summed E-state index contributed by atoms with van der Waals surface area (Å²) in [4.78, 5) is 24.0. The Morgan fingerprint density at radius 2 is 1.81 bits per heavy atom. The number of hydrogen-bond acceptors (Lipinski definition) is 3. The molecule has 2 rings (SSSR count). The van der Waals surface area contributed by atoms with Crippen LogP contribution in [0.3, 0.4) is 0 Å². The molecule has 0 aliphatic rings. The SMILES string of the molecule is CNCCC(=O)NC(C)c1cccc(NC(=O)Cc2ccccc2F)c1.Cl. The summed E-state index contributed by atoms with van der Waals surface area (Å²) >= 11 is 0. The molecule has 1 unspecified atom stereocenters. The second-order valence-electron chi connectivity index (χ2n) is 6.08. The third-order valence-electron chi connectivity index (χ3n) is 3.96. The summed E-state index contributed by atoms with van der Waals surface area (Å²) < 4.78 is 13.6. The molecule has 0 spiro atoms. The summed E-state index contributed by atoms with van der Waals surface area (Å²) in [5.74, 6) is -0.729. The summed E-state index contributed by atoms with van der Waals surface area (Å²) in [6.07, 6.45) is 0.368.